The molecule has 1 heterocycles. The van der Waals surface area contributed by atoms with Crippen LogP contribution in [-0.4, -0.2) is 59.4 Å². The monoisotopic (exact) mass is 524 g/mol. The molecule has 0 bridgehead atoms. The zero-order chi connectivity index (χ0) is 28.3. The summed E-state index contributed by atoms with van der Waals surface area (Å²) in [5.74, 6) is -0.272. The molecule has 1 atom stereocenters. The Labute approximate surface area is 223 Å². The average molecular weight is 525 g/mol. The zero-order valence-corrected chi connectivity index (χ0v) is 22.9. The molecule has 2 aromatic carbocycles. The summed E-state index contributed by atoms with van der Waals surface area (Å²) in [5, 5.41) is 1.61. The Balaban J connectivity index is 1.85. The lowest BCUT2D eigenvalue weighted by molar-refractivity contribution is -0.109. The number of rotatable bonds is 9. The maximum Gasteiger partial charge on any atom is 0.419 e. The van der Waals surface area contributed by atoms with Gasteiger partial charge < -0.3 is 19.1 Å². The number of imide groups is 1. The van der Waals surface area contributed by atoms with Gasteiger partial charge in [0, 0.05) is 23.9 Å². The minimum atomic E-state index is -0.779. The molecule has 204 valence electrons. The van der Waals surface area contributed by atoms with E-state index in [0.717, 1.165) is 27.5 Å². The molecule has 3 amide bonds. The van der Waals surface area contributed by atoms with Gasteiger partial charge in [-0.2, -0.15) is 0 Å². The molecule has 0 aliphatic carbocycles. The molecule has 9 nitrogen and oxygen atoms in total. The summed E-state index contributed by atoms with van der Waals surface area (Å²) in [5.41, 5.74) is 0.513. The first-order chi connectivity index (χ1) is 17.8. The number of aldehydes is 2. The maximum atomic E-state index is 13.2. The van der Waals surface area contributed by atoms with E-state index >= 15 is 0 Å². The SMILES string of the molecule is CC(C)(C)OC(=O)N(CCCc1ccc2c3c(cccc13)C(=O)N2C(C=O)CCC=O)C(=O)OC(C)(C)C. The van der Waals surface area contributed by atoms with Gasteiger partial charge in [0.25, 0.3) is 5.91 Å². The second kappa shape index (κ2) is 11.3. The van der Waals surface area contributed by atoms with Crippen LogP contribution in [0.3, 0.4) is 0 Å². The second-order valence-electron chi connectivity index (χ2n) is 11.3. The van der Waals surface area contributed by atoms with Crippen molar-refractivity contribution in [2.45, 2.75) is 84.5 Å². The van der Waals surface area contributed by atoms with E-state index in [1.807, 2.05) is 18.2 Å². The molecule has 3 rings (SSSR count). The van der Waals surface area contributed by atoms with E-state index in [1.165, 1.54) is 4.90 Å². The fourth-order valence-electron chi connectivity index (χ4n) is 4.43. The van der Waals surface area contributed by atoms with Gasteiger partial charge in [-0.25, -0.2) is 14.5 Å². The van der Waals surface area contributed by atoms with Crippen LogP contribution in [-0.2, 0) is 25.5 Å². The lowest BCUT2D eigenvalue weighted by Crippen LogP contribution is -2.44. The molecule has 0 radical (unpaired) electrons. The van der Waals surface area contributed by atoms with Gasteiger partial charge in [-0.15, -0.1) is 0 Å². The predicted octanol–water partition coefficient (Wildman–Crippen LogP) is 5.45. The minimum Gasteiger partial charge on any atom is -0.443 e. The first-order valence-corrected chi connectivity index (χ1v) is 12.8. The Bertz CT molecular complexity index is 1210. The normalized spacial score (nSPS) is 13.8. The van der Waals surface area contributed by atoms with Gasteiger partial charge >= 0.3 is 12.2 Å². The molecule has 1 aliphatic rings. The van der Waals surface area contributed by atoms with Crippen molar-refractivity contribution >= 4 is 47.1 Å². The molecule has 0 aromatic heterocycles. The standard InChI is InChI=1S/C29H36N2O7/c1-28(2,3)37-26(35)30(27(36)38-29(4,5)6)16-8-10-19-14-15-23-24-21(19)12-7-13-22(24)25(34)31(23)20(18-33)11-9-17-32/h7,12-15,17-18,20H,8-11,16H2,1-6H3. The van der Waals surface area contributed by atoms with E-state index in [0.29, 0.717) is 30.4 Å². The van der Waals surface area contributed by atoms with Crippen molar-refractivity contribution in [3.63, 3.8) is 0 Å². The van der Waals surface area contributed by atoms with Crippen LogP contribution in [0.2, 0.25) is 0 Å². The highest BCUT2D eigenvalue weighted by Gasteiger charge is 2.35. The highest BCUT2D eigenvalue weighted by molar-refractivity contribution is 6.26. The number of amides is 3. The molecule has 0 N–H and O–H groups in total. The molecule has 2 aromatic rings. The van der Waals surface area contributed by atoms with Gasteiger partial charge in [-0.3, -0.25) is 9.69 Å². The molecule has 1 unspecified atom stereocenters. The van der Waals surface area contributed by atoms with E-state index < -0.39 is 29.4 Å². The summed E-state index contributed by atoms with van der Waals surface area (Å²) in [7, 11) is 0. The average Bonchev–Trinajstić information content (AvgIpc) is 3.09. The molecule has 1 aliphatic heterocycles. The van der Waals surface area contributed by atoms with E-state index in [2.05, 4.69) is 0 Å². The van der Waals surface area contributed by atoms with Gasteiger partial charge in [0.2, 0.25) is 0 Å². The van der Waals surface area contributed by atoms with Crippen LogP contribution in [0.1, 0.15) is 76.7 Å². The van der Waals surface area contributed by atoms with E-state index in [1.54, 1.807) is 53.7 Å². The molecule has 38 heavy (non-hydrogen) atoms. The van der Waals surface area contributed by atoms with Crippen LogP contribution in [0.15, 0.2) is 30.3 Å². The summed E-state index contributed by atoms with van der Waals surface area (Å²) in [4.78, 5) is 63.9. The van der Waals surface area contributed by atoms with Crippen molar-refractivity contribution in [3.05, 3.63) is 41.5 Å². The van der Waals surface area contributed by atoms with Crippen LogP contribution < -0.4 is 4.90 Å². The van der Waals surface area contributed by atoms with Crippen molar-refractivity contribution in [1.82, 2.24) is 4.90 Å². The van der Waals surface area contributed by atoms with E-state index in [-0.39, 0.29) is 25.3 Å². The Kier molecular flexibility index (Phi) is 8.59. The quantitative estimate of drug-likeness (QED) is 0.401. The molecule has 0 saturated heterocycles. The van der Waals surface area contributed by atoms with E-state index in [9.17, 15) is 24.0 Å². The van der Waals surface area contributed by atoms with Crippen LogP contribution in [0, 0.1) is 0 Å². The summed E-state index contributed by atoms with van der Waals surface area (Å²) >= 11 is 0. The third-order valence-corrected chi connectivity index (χ3v) is 5.94. The van der Waals surface area contributed by atoms with Gasteiger partial charge in [-0.05, 0) is 83.9 Å². The molecule has 0 spiro atoms. The number of carbonyl (C=O) groups is 5. The third kappa shape index (κ3) is 6.57. The zero-order valence-electron chi connectivity index (χ0n) is 22.9. The Hall–Kier alpha value is -3.75. The molecule has 0 fully saturated rings. The highest BCUT2D eigenvalue weighted by atomic mass is 16.6. The van der Waals surface area contributed by atoms with Crippen molar-refractivity contribution in [3.8, 4) is 0 Å². The smallest absolute Gasteiger partial charge is 0.419 e. The lowest BCUT2D eigenvalue weighted by atomic mass is 9.97. The van der Waals surface area contributed by atoms with Crippen LogP contribution in [0.5, 0.6) is 0 Å². The van der Waals surface area contributed by atoms with Gasteiger partial charge in [0.15, 0.2) is 0 Å². The Morgan fingerprint density at radius 1 is 0.974 bits per heavy atom. The number of benzene rings is 2. The van der Waals surface area contributed by atoms with Gasteiger partial charge in [0.05, 0.1) is 11.7 Å². The summed E-state index contributed by atoms with van der Waals surface area (Å²) in [6.07, 6.45) is 1.27. The number of carbonyl (C=O) groups excluding carboxylic acids is 5. The van der Waals surface area contributed by atoms with Crippen molar-refractivity contribution in [1.29, 1.82) is 0 Å². The third-order valence-electron chi connectivity index (χ3n) is 5.94. The number of nitrogens with zero attached hydrogens (tertiary/aromatic N) is 2. The number of hydrogen-bond acceptors (Lipinski definition) is 7. The number of hydrogen-bond donors (Lipinski definition) is 0. The highest BCUT2D eigenvalue weighted by Crippen LogP contribution is 2.40. The fraction of sp³-hybridized carbons (Fsp3) is 0.483. The lowest BCUT2D eigenvalue weighted by Gasteiger charge is -2.28. The van der Waals surface area contributed by atoms with Crippen LogP contribution in [0.4, 0.5) is 15.3 Å². The second-order valence-corrected chi connectivity index (χ2v) is 11.3. The first-order valence-electron chi connectivity index (χ1n) is 12.8. The van der Waals surface area contributed by atoms with Crippen molar-refractivity contribution < 1.29 is 33.4 Å². The molecule has 9 heteroatoms. The van der Waals surface area contributed by atoms with Gasteiger partial charge in [-0.1, -0.05) is 18.2 Å². The molecular weight excluding hydrogens is 488 g/mol. The summed E-state index contributed by atoms with van der Waals surface area (Å²) < 4.78 is 10.9. The van der Waals surface area contributed by atoms with Gasteiger partial charge in [0.1, 0.15) is 23.8 Å². The van der Waals surface area contributed by atoms with Crippen molar-refractivity contribution in [2.75, 3.05) is 11.4 Å². The topological polar surface area (TPSA) is 110 Å². The summed E-state index contributed by atoms with van der Waals surface area (Å²) in [6, 6.07) is 8.40. The number of ether oxygens (including phenoxy) is 2. The molecular formula is C29H36N2O7. The maximum absolute atomic E-state index is 13.2. The van der Waals surface area contributed by atoms with Crippen LogP contribution >= 0.6 is 0 Å². The van der Waals surface area contributed by atoms with Crippen LogP contribution in [0.25, 0.3) is 10.8 Å². The largest absolute Gasteiger partial charge is 0.443 e. The predicted molar refractivity (Wildman–Crippen MR) is 143 cm³/mol. The fourth-order valence-corrected chi connectivity index (χ4v) is 4.43. The molecule has 0 saturated carbocycles. The number of aryl methyl sites for hydroxylation is 1. The van der Waals surface area contributed by atoms with E-state index in [4.69, 9.17) is 9.47 Å². The van der Waals surface area contributed by atoms with Crippen molar-refractivity contribution in [2.24, 2.45) is 0 Å². The minimum absolute atomic E-state index is 0.0801. The summed E-state index contributed by atoms with van der Waals surface area (Å²) in [6.45, 7) is 10.4. The first kappa shape index (κ1) is 28.8. The number of anilines is 1. The Morgan fingerprint density at radius 2 is 1.61 bits per heavy atom. The Morgan fingerprint density at radius 3 is 2.16 bits per heavy atom.